The molecule has 1 N–H and O–H groups in total. The minimum atomic E-state index is 0.478. The molecule has 110 valence electrons. The van der Waals surface area contributed by atoms with Crippen molar-refractivity contribution in [1.29, 1.82) is 0 Å². The van der Waals surface area contributed by atoms with Gasteiger partial charge in [0.2, 0.25) is 0 Å². The average molecular weight is 291 g/mol. The second kappa shape index (κ2) is 6.40. The molecule has 2 nitrogen and oxygen atoms in total. The van der Waals surface area contributed by atoms with Crippen LogP contribution in [0.3, 0.4) is 0 Å². The quantitative estimate of drug-likeness (QED) is 0.891. The lowest BCUT2D eigenvalue weighted by molar-refractivity contribution is 0.413. The SMILES string of the molecule is CNC1c2cc(OC)ccc2CC1SCC1CCCC1. The summed E-state index contributed by atoms with van der Waals surface area (Å²) in [6, 6.07) is 7.03. The Labute approximate surface area is 126 Å². The normalized spacial score (nSPS) is 25.9. The third kappa shape index (κ3) is 2.84. The Balaban J connectivity index is 1.67. The molecule has 0 radical (unpaired) electrons. The molecule has 20 heavy (non-hydrogen) atoms. The van der Waals surface area contributed by atoms with Crippen LogP contribution in [0.2, 0.25) is 0 Å². The van der Waals surface area contributed by atoms with Crippen molar-refractivity contribution in [2.24, 2.45) is 5.92 Å². The number of thioether (sulfide) groups is 1. The van der Waals surface area contributed by atoms with Gasteiger partial charge in [-0.05, 0) is 61.2 Å². The number of hydrogen-bond acceptors (Lipinski definition) is 3. The van der Waals surface area contributed by atoms with Gasteiger partial charge >= 0.3 is 0 Å². The highest BCUT2D eigenvalue weighted by atomic mass is 32.2. The Hall–Kier alpha value is -0.670. The molecule has 0 heterocycles. The van der Waals surface area contributed by atoms with Crippen molar-refractivity contribution >= 4 is 11.8 Å². The number of hydrogen-bond donors (Lipinski definition) is 1. The second-order valence-electron chi connectivity index (χ2n) is 6.06. The summed E-state index contributed by atoms with van der Waals surface area (Å²) in [6.45, 7) is 0. The fourth-order valence-corrected chi connectivity index (χ4v) is 5.27. The van der Waals surface area contributed by atoms with E-state index in [1.807, 2.05) is 0 Å². The van der Waals surface area contributed by atoms with Gasteiger partial charge in [-0.15, -0.1) is 0 Å². The molecule has 1 fully saturated rings. The van der Waals surface area contributed by atoms with E-state index in [1.165, 1.54) is 49.0 Å². The van der Waals surface area contributed by atoms with Gasteiger partial charge in [0.25, 0.3) is 0 Å². The van der Waals surface area contributed by atoms with Crippen LogP contribution in [0.4, 0.5) is 0 Å². The van der Waals surface area contributed by atoms with Gasteiger partial charge in [-0.3, -0.25) is 0 Å². The molecular formula is C17H25NOS. The van der Waals surface area contributed by atoms with Crippen molar-refractivity contribution < 1.29 is 4.74 Å². The summed E-state index contributed by atoms with van der Waals surface area (Å²) >= 11 is 2.18. The molecule has 2 unspecified atom stereocenters. The van der Waals surface area contributed by atoms with Crippen LogP contribution >= 0.6 is 11.8 Å². The number of nitrogens with one attached hydrogen (secondary N) is 1. The topological polar surface area (TPSA) is 21.3 Å². The second-order valence-corrected chi connectivity index (χ2v) is 7.33. The first-order valence-electron chi connectivity index (χ1n) is 7.77. The van der Waals surface area contributed by atoms with Crippen LogP contribution in [0.25, 0.3) is 0 Å². The average Bonchev–Trinajstić information content (AvgIpc) is 3.11. The Morgan fingerprint density at radius 3 is 2.80 bits per heavy atom. The van der Waals surface area contributed by atoms with Crippen molar-refractivity contribution in [3.8, 4) is 5.75 Å². The molecule has 1 aromatic carbocycles. The summed E-state index contributed by atoms with van der Waals surface area (Å²) < 4.78 is 5.37. The van der Waals surface area contributed by atoms with Gasteiger partial charge in [0.15, 0.2) is 0 Å². The molecule has 1 saturated carbocycles. The molecule has 2 aliphatic carbocycles. The molecule has 2 atom stereocenters. The van der Waals surface area contributed by atoms with Crippen LogP contribution in [0, 0.1) is 5.92 Å². The number of ether oxygens (including phenoxy) is 1. The highest BCUT2D eigenvalue weighted by Crippen LogP contribution is 2.41. The molecule has 0 aliphatic heterocycles. The van der Waals surface area contributed by atoms with Crippen LogP contribution in [-0.4, -0.2) is 25.2 Å². The predicted molar refractivity (Wildman–Crippen MR) is 86.7 cm³/mol. The lowest BCUT2D eigenvalue weighted by Crippen LogP contribution is -2.24. The number of fused-ring (bicyclic) bond motifs is 1. The molecule has 3 rings (SSSR count). The van der Waals surface area contributed by atoms with Crippen LogP contribution in [-0.2, 0) is 6.42 Å². The first-order chi connectivity index (χ1) is 9.81. The molecule has 0 aromatic heterocycles. The zero-order valence-electron chi connectivity index (χ0n) is 12.5. The van der Waals surface area contributed by atoms with Crippen molar-refractivity contribution in [2.45, 2.75) is 43.4 Å². The number of rotatable bonds is 5. The lowest BCUT2D eigenvalue weighted by atomic mass is 10.1. The van der Waals surface area contributed by atoms with Crippen LogP contribution in [0.1, 0.15) is 42.9 Å². The molecule has 3 heteroatoms. The first-order valence-corrected chi connectivity index (χ1v) is 8.82. The molecule has 0 saturated heterocycles. The molecule has 0 amide bonds. The summed E-state index contributed by atoms with van der Waals surface area (Å²) in [4.78, 5) is 0. The van der Waals surface area contributed by atoms with E-state index in [0.29, 0.717) is 11.3 Å². The minimum absolute atomic E-state index is 0.478. The Morgan fingerprint density at radius 1 is 1.30 bits per heavy atom. The van der Waals surface area contributed by atoms with Gasteiger partial charge in [0.05, 0.1) is 7.11 Å². The summed E-state index contributed by atoms with van der Waals surface area (Å²) in [6.07, 6.45) is 6.99. The van der Waals surface area contributed by atoms with E-state index in [-0.39, 0.29) is 0 Å². The fraction of sp³-hybridized carbons (Fsp3) is 0.647. The third-order valence-corrected chi connectivity index (χ3v) is 6.34. The maximum absolute atomic E-state index is 5.37. The molecule has 1 aromatic rings. The Morgan fingerprint density at radius 2 is 2.10 bits per heavy atom. The smallest absolute Gasteiger partial charge is 0.119 e. The van der Waals surface area contributed by atoms with Crippen molar-refractivity contribution in [3.05, 3.63) is 29.3 Å². The van der Waals surface area contributed by atoms with Crippen molar-refractivity contribution in [2.75, 3.05) is 19.9 Å². The van der Waals surface area contributed by atoms with Crippen LogP contribution in [0.15, 0.2) is 18.2 Å². The van der Waals surface area contributed by atoms with E-state index in [0.717, 1.165) is 11.7 Å². The number of methoxy groups -OCH3 is 1. The predicted octanol–water partition coefficient (Wildman–Crippen LogP) is 3.80. The van der Waals surface area contributed by atoms with Gasteiger partial charge in [0, 0.05) is 11.3 Å². The first kappa shape index (κ1) is 14.3. The summed E-state index contributed by atoms with van der Waals surface area (Å²) in [5, 5.41) is 4.20. The highest BCUT2D eigenvalue weighted by molar-refractivity contribution is 7.99. The molecule has 2 aliphatic rings. The standard InChI is InChI=1S/C17H25NOS/c1-18-17-15-10-14(19-2)8-7-13(15)9-16(17)20-11-12-5-3-4-6-12/h7-8,10,12,16-18H,3-6,9,11H2,1-2H3. The zero-order valence-corrected chi connectivity index (χ0v) is 13.3. The van der Waals surface area contributed by atoms with Gasteiger partial charge in [-0.2, -0.15) is 11.8 Å². The van der Waals surface area contributed by atoms with E-state index in [9.17, 15) is 0 Å². The molecule has 0 bridgehead atoms. The largest absolute Gasteiger partial charge is 0.497 e. The highest BCUT2D eigenvalue weighted by Gasteiger charge is 2.32. The summed E-state index contributed by atoms with van der Waals surface area (Å²) in [7, 11) is 3.83. The van der Waals surface area contributed by atoms with Gasteiger partial charge in [0.1, 0.15) is 5.75 Å². The van der Waals surface area contributed by atoms with Gasteiger partial charge < -0.3 is 10.1 Å². The van der Waals surface area contributed by atoms with Gasteiger partial charge in [-0.25, -0.2) is 0 Å². The Kier molecular flexibility index (Phi) is 4.57. The summed E-state index contributed by atoms with van der Waals surface area (Å²) in [5.74, 6) is 3.29. The third-order valence-electron chi connectivity index (χ3n) is 4.81. The van der Waals surface area contributed by atoms with Crippen LogP contribution in [0.5, 0.6) is 5.75 Å². The fourth-order valence-electron chi connectivity index (χ4n) is 3.64. The van der Waals surface area contributed by atoms with E-state index in [2.05, 4.69) is 42.3 Å². The van der Waals surface area contributed by atoms with Crippen molar-refractivity contribution in [1.82, 2.24) is 5.32 Å². The zero-order chi connectivity index (χ0) is 13.9. The van der Waals surface area contributed by atoms with Crippen molar-refractivity contribution in [3.63, 3.8) is 0 Å². The van der Waals surface area contributed by atoms with E-state index < -0.39 is 0 Å². The summed E-state index contributed by atoms with van der Waals surface area (Å²) in [5.41, 5.74) is 2.94. The van der Waals surface area contributed by atoms with E-state index in [1.54, 1.807) is 7.11 Å². The van der Waals surface area contributed by atoms with E-state index >= 15 is 0 Å². The van der Waals surface area contributed by atoms with Gasteiger partial charge in [-0.1, -0.05) is 18.9 Å². The van der Waals surface area contributed by atoms with E-state index in [4.69, 9.17) is 4.74 Å². The molecular weight excluding hydrogens is 266 g/mol. The molecule has 0 spiro atoms. The lowest BCUT2D eigenvalue weighted by Gasteiger charge is -2.21. The van der Waals surface area contributed by atoms with Crippen LogP contribution < -0.4 is 10.1 Å². The Bertz CT molecular complexity index is 456. The monoisotopic (exact) mass is 291 g/mol. The number of benzene rings is 1. The maximum atomic E-state index is 5.37. The minimum Gasteiger partial charge on any atom is -0.497 e. The maximum Gasteiger partial charge on any atom is 0.119 e.